The number of hydrogen-bond donors (Lipinski definition) is 1. The van der Waals surface area contributed by atoms with Crippen LogP contribution in [-0.2, 0) is 19.4 Å². The Morgan fingerprint density at radius 1 is 1.24 bits per heavy atom. The van der Waals surface area contributed by atoms with Crippen LogP contribution in [0.2, 0.25) is 5.02 Å². The molecular formula is C20H22ClF4N3O. The van der Waals surface area contributed by atoms with Crippen LogP contribution in [0.1, 0.15) is 53.0 Å². The van der Waals surface area contributed by atoms with Crippen molar-refractivity contribution in [3.8, 4) is 0 Å². The number of benzene rings is 1. The second kappa shape index (κ2) is 8.73. The molecule has 1 aliphatic rings. The van der Waals surface area contributed by atoms with Crippen LogP contribution in [0.15, 0.2) is 24.3 Å². The topological polar surface area (TPSA) is 46.9 Å². The highest BCUT2D eigenvalue weighted by Crippen LogP contribution is 2.32. The predicted octanol–water partition coefficient (Wildman–Crippen LogP) is 5.32. The van der Waals surface area contributed by atoms with Crippen LogP contribution in [0.3, 0.4) is 0 Å². The summed E-state index contributed by atoms with van der Waals surface area (Å²) in [7, 11) is 0. The first kappa shape index (κ1) is 21.6. The van der Waals surface area contributed by atoms with E-state index in [0.717, 1.165) is 36.7 Å². The third-order valence-corrected chi connectivity index (χ3v) is 5.60. The molecule has 1 aromatic carbocycles. The molecule has 0 unspecified atom stereocenters. The summed E-state index contributed by atoms with van der Waals surface area (Å²) in [5.41, 5.74) is 0.242. The molecule has 1 saturated carbocycles. The molecule has 0 bridgehead atoms. The second-order valence-electron chi connectivity index (χ2n) is 7.48. The van der Waals surface area contributed by atoms with Crippen LogP contribution in [0.25, 0.3) is 0 Å². The van der Waals surface area contributed by atoms with Crippen LogP contribution in [0, 0.1) is 12.8 Å². The second-order valence-corrected chi connectivity index (χ2v) is 7.88. The maximum atomic E-state index is 13.1. The van der Waals surface area contributed by atoms with Gasteiger partial charge >= 0.3 is 6.18 Å². The molecule has 1 aliphatic carbocycles. The molecule has 0 radical (unpaired) electrons. The van der Waals surface area contributed by atoms with Gasteiger partial charge < -0.3 is 5.32 Å². The quantitative estimate of drug-likeness (QED) is 0.651. The van der Waals surface area contributed by atoms with E-state index < -0.39 is 24.3 Å². The van der Waals surface area contributed by atoms with Crippen LogP contribution in [0.5, 0.6) is 0 Å². The van der Waals surface area contributed by atoms with Crippen molar-refractivity contribution in [2.45, 2.75) is 58.0 Å². The molecule has 0 spiro atoms. The lowest BCUT2D eigenvalue weighted by atomic mass is 9.86. The largest absolute Gasteiger partial charge is 0.416 e. The van der Waals surface area contributed by atoms with Crippen molar-refractivity contribution in [1.29, 1.82) is 0 Å². The Morgan fingerprint density at radius 2 is 1.93 bits per heavy atom. The highest BCUT2D eigenvalue weighted by Gasteiger charge is 2.32. The smallest absolute Gasteiger partial charge is 0.349 e. The number of alkyl halides is 4. The van der Waals surface area contributed by atoms with Gasteiger partial charge in [0.05, 0.1) is 27.5 Å². The van der Waals surface area contributed by atoms with Crippen molar-refractivity contribution >= 4 is 17.5 Å². The number of nitrogens with zero attached hydrogens (tertiary/aromatic N) is 2. The molecule has 0 aliphatic heterocycles. The molecule has 0 saturated heterocycles. The Kier molecular flexibility index (Phi) is 6.51. The Bertz CT molecular complexity index is 873. The zero-order chi connectivity index (χ0) is 21.2. The number of hydrogen-bond acceptors (Lipinski definition) is 2. The molecular weight excluding hydrogens is 410 g/mol. The molecule has 9 heteroatoms. The summed E-state index contributed by atoms with van der Waals surface area (Å²) in [4.78, 5) is 12.5. The standard InChI is InChI=1S/C20H22ClF4N3O/c1-12-8-16(10-22)28(27-12)11-13-2-5-15(6-3-13)26-19(29)17-9-14(20(23,24)25)4-7-18(17)21/h4,7-9,13,15H,2-3,5-6,10-11H2,1H3,(H,26,29). The number of aryl methyl sites for hydroxylation is 1. The lowest BCUT2D eigenvalue weighted by molar-refractivity contribution is -0.137. The molecule has 1 amide bonds. The van der Waals surface area contributed by atoms with Gasteiger partial charge in [-0.25, -0.2) is 4.39 Å². The summed E-state index contributed by atoms with van der Waals surface area (Å²) in [6, 6.07) is 4.31. The average molecular weight is 432 g/mol. The van der Waals surface area contributed by atoms with E-state index in [4.69, 9.17) is 11.6 Å². The first-order chi connectivity index (χ1) is 13.7. The number of halogens is 5. The van der Waals surface area contributed by atoms with Crippen LogP contribution in [-0.4, -0.2) is 21.7 Å². The van der Waals surface area contributed by atoms with Gasteiger partial charge in [0.25, 0.3) is 5.91 Å². The van der Waals surface area contributed by atoms with E-state index in [9.17, 15) is 22.4 Å². The minimum atomic E-state index is -4.54. The molecule has 2 aromatic rings. The SMILES string of the molecule is Cc1cc(CF)n(CC2CCC(NC(=O)c3cc(C(F)(F)F)ccc3Cl)CC2)n1. The van der Waals surface area contributed by atoms with Crippen molar-refractivity contribution in [3.63, 3.8) is 0 Å². The molecule has 158 valence electrons. The third-order valence-electron chi connectivity index (χ3n) is 5.27. The highest BCUT2D eigenvalue weighted by atomic mass is 35.5. The Balaban J connectivity index is 1.57. The van der Waals surface area contributed by atoms with Gasteiger partial charge in [0.15, 0.2) is 0 Å². The monoisotopic (exact) mass is 431 g/mol. The van der Waals surface area contributed by atoms with E-state index in [0.29, 0.717) is 31.0 Å². The number of carbonyl (C=O) groups excluding carboxylic acids is 1. The molecule has 1 fully saturated rings. The normalized spacial score (nSPS) is 19.9. The molecule has 3 rings (SSSR count). The fourth-order valence-electron chi connectivity index (χ4n) is 3.74. The predicted molar refractivity (Wildman–Crippen MR) is 101 cm³/mol. The minimum absolute atomic E-state index is 0.0167. The number of aromatic nitrogens is 2. The lowest BCUT2D eigenvalue weighted by Crippen LogP contribution is -2.38. The molecule has 0 atom stereocenters. The van der Waals surface area contributed by atoms with E-state index >= 15 is 0 Å². The number of carbonyl (C=O) groups is 1. The molecule has 4 nitrogen and oxygen atoms in total. The fourth-order valence-corrected chi connectivity index (χ4v) is 3.94. The summed E-state index contributed by atoms with van der Waals surface area (Å²) < 4.78 is 53.4. The molecule has 29 heavy (non-hydrogen) atoms. The van der Waals surface area contributed by atoms with E-state index in [-0.39, 0.29) is 16.6 Å². The van der Waals surface area contributed by atoms with Gasteiger partial charge in [-0.15, -0.1) is 0 Å². The van der Waals surface area contributed by atoms with Crippen molar-refractivity contribution in [2.75, 3.05) is 0 Å². The van der Waals surface area contributed by atoms with Crippen LogP contribution < -0.4 is 5.32 Å². The van der Waals surface area contributed by atoms with Crippen LogP contribution in [0.4, 0.5) is 17.6 Å². The maximum absolute atomic E-state index is 13.1. The first-order valence-electron chi connectivity index (χ1n) is 9.44. The van der Waals surface area contributed by atoms with Crippen molar-refractivity contribution in [2.24, 2.45) is 5.92 Å². The summed E-state index contributed by atoms with van der Waals surface area (Å²) in [5.74, 6) is -0.295. The van der Waals surface area contributed by atoms with Gasteiger partial charge in [-0.3, -0.25) is 9.48 Å². The molecule has 1 heterocycles. The first-order valence-corrected chi connectivity index (χ1v) is 9.82. The van der Waals surface area contributed by atoms with Crippen molar-refractivity contribution < 1.29 is 22.4 Å². The maximum Gasteiger partial charge on any atom is 0.416 e. The Labute approximate surface area is 171 Å². The average Bonchev–Trinajstić information content (AvgIpc) is 3.02. The summed E-state index contributed by atoms with van der Waals surface area (Å²) in [6.45, 7) is 1.87. The third kappa shape index (κ3) is 5.29. The van der Waals surface area contributed by atoms with E-state index in [2.05, 4.69) is 10.4 Å². The highest BCUT2D eigenvalue weighted by molar-refractivity contribution is 6.33. The van der Waals surface area contributed by atoms with Gasteiger partial charge in [0.1, 0.15) is 6.67 Å². The summed E-state index contributed by atoms with van der Waals surface area (Å²) >= 11 is 5.93. The number of nitrogens with one attached hydrogen (secondary N) is 1. The summed E-state index contributed by atoms with van der Waals surface area (Å²) in [6.07, 6.45) is -1.53. The Morgan fingerprint density at radius 3 is 2.55 bits per heavy atom. The fraction of sp³-hybridized carbons (Fsp3) is 0.500. The zero-order valence-corrected chi connectivity index (χ0v) is 16.7. The summed E-state index contributed by atoms with van der Waals surface area (Å²) in [5, 5.41) is 7.10. The van der Waals surface area contributed by atoms with Gasteiger partial charge in [-0.05, 0) is 62.8 Å². The number of rotatable bonds is 5. The van der Waals surface area contributed by atoms with E-state index in [1.807, 2.05) is 6.92 Å². The Hall–Kier alpha value is -2.09. The van der Waals surface area contributed by atoms with Crippen LogP contribution >= 0.6 is 11.6 Å². The molecule has 1 N–H and O–H groups in total. The van der Waals surface area contributed by atoms with Gasteiger partial charge in [-0.1, -0.05) is 11.6 Å². The zero-order valence-electron chi connectivity index (χ0n) is 15.9. The van der Waals surface area contributed by atoms with Crippen molar-refractivity contribution in [3.05, 3.63) is 51.8 Å². The van der Waals surface area contributed by atoms with E-state index in [1.165, 1.54) is 0 Å². The van der Waals surface area contributed by atoms with E-state index in [1.54, 1.807) is 10.7 Å². The molecule has 1 aromatic heterocycles. The number of amides is 1. The minimum Gasteiger partial charge on any atom is -0.349 e. The van der Waals surface area contributed by atoms with Crippen molar-refractivity contribution in [1.82, 2.24) is 15.1 Å². The van der Waals surface area contributed by atoms with Gasteiger partial charge in [-0.2, -0.15) is 18.3 Å². The lowest BCUT2D eigenvalue weighted by Gasteiger charge is -2.29. The van der Waals surface area contributed by atoms with Gasteiger partial charge in [0.2, 0.25) is 0 Å². The van der Waals surface area contributed by atoms with Gasteiger partial charge in [0, 0.05) is 12.6 Å².